The van der Waals surface area contributed by atoms with Crippen molar-refractivity contribution in [3.63, 3.8) is 0 Å². The lowest BCUT2D eigenvalue weighted by Crippen LogP contribution is -2.22. The topological polar surface area (TPSA) is 66.9 Å². The van der Waals surface area contributed by atoms with Crippen LogP contribution < -0.4 is 10.6 Å². The number of nitrogens with one attached hydrogen (secondary N) is 2. The SMILES string of the molecule is C=CCNc1nnc(S[C@H](C)C(=O)Nc2ccc3ccccc3c2)s1. The lowest BCUT2D eigenvalue weighted by atomic mass is 10.1. The average molecular weight is 371 g/mol. The van der Waals surface area contributed by atoms with Crippen molar-refractivity contribution >= 4 is 50.6 Å². The van der Waals surface area contributed by atoms with E-state index in [1.54, 1.807) is 6.08 Å². The smallest absolute Gasteiger partial charge is 0.237 e. The molecular formula is C18H18N4OS2. The van der Waals surface area contributed by atoms with Gasteiger partial charge in [-0.05, 0) is 29.8 Å². The van der Waals surface area contributed by atoms with Crippen molar-refractivity contribution in [2.24, 2.45) is 0 Å². The monoisotopic (exact) mass is 370 g/mol. The molecule has 0 saturated carbocycles. The third-order valence-electron chi connectivity index (χ3n) is 3.47. The number of rotatable bonds is 7. The van der Waals surface area contributed by atoms with Gasteiger partial charge in [-0.2, -0.15) is 0 Å². The van der Waals surface area contributed by atoms with Crippen LogP contribution in [0.3, 0.4) is 0 Å². The summed E-state index contributed by atoms with van der Waals surface area (Å²) in [5.41, 5.74) is 0.793. The summed E-state index contributed by atoms with van der Waals surface area (Å²) in [7, 11) is 0. The molecule has 0 unspecified atom stereocenters. The van der Waals surface area contributed by atoms with Crippen LogP contribution in [0.1, 0.15) is 6.92 Å². The molecule has 5 nitrogen and oxygen atoms in total. The molecule has 3 aromatic rings. The minimum Gasteiger partial charge on any atom is -0.357 e. The number of thioether (sulfide) groups is 1. The molecule has 128 valence electrons. The third kappa shape index (κ3) is 4.58. The molecule has 0 aliphatic carbocycles. The van der Waals surface area contributed by atoms with E-state index >= 15 is 0 Å². The fraction of sp³-hybridized carbons (Fsp3) is 0.167. The van der Waals surface area contributed by atoms with E-state index in [0.29, 0.717) is 6.54 Å². The molecule has 0 fully saturated rings. The highest BCUT2D eigenvalue weighted by atomic mass is 32.2. The van der Waals surface area contributed by atoms with Gasteiger partial charge >= 0.3 is 0 Å². The molecule has 25 heavy (non-hydrogen) atoms. The molecule has 0 aliphatic heterocycles. The number of hydrogen-bond acceptors (Lipinski definition) is 6. The second-order valence-corrected chi connectivity index (χ2v) is 7.92. The Morgan fingerprint density at radius 3 is 2.88 bits per heavy atom. The van der Waals surface area contributed by atoms with E-state index in [1.807, 2.05) is 49.4 Å². The highest BCUT2D eigenvalue weighted by Gasteiger charge is 2.17. The third-order valence-corrected chi connectivity index (χ3v) is 5.53. The molecule has 3 rings (SSSR count). The summed E-state index contributed by atoms with van der Waals surface area (Å²) in [5, 5.41) is 16.9. The lowest BCUT2D eigenvalue weighted by molar-refractivity contribution is -0.115. The Bertz CT molecular complexity index is 893. The first-order valence-corrected chi connectivity index (χ1v) is 9.50. The number of nitrogens with zero attached hydrogens (tertiary/aromatic N) is 2. The van der Waals surface area contributed by atoms with Crippen LogP contribution in [-0.2, 0) is 4.79 Å². The lowest BCUT2D eigenvalue weighted by Gasteiger charge is -2.11. The number of hydrogen-bond donors (Lipinski definition) is 2. The number of amides is 1. The molecule has 1 amide bonds. The van der Waals surface area contributed by atoms with Crippen LogP contribution in [-0.4, -0.2) is 27.9 Å². The van der Waals surface area contributed by atoms with Crippen molar-refractivity contribution in [1.82, 2.24) is 10.2 Å². The number of carbonyl (C=O) groups is 1. The van der Waals surface area contributed by atoms with Gasteiger partial charge in [-0.1, -0.05) is 59.5 Å². The summed E-state index contributed by atoms with van der Waals surface area (Å²) in [5.74, 6) is -0.0592. The Balaban J connectivity index is 1.61. The van der Waals surface area contributed by atoms with Crippen molar-refractivity contribution in [3.05, 3.63) is 55.1 Å². The Kier molecular flexibility index (Phi) is 5.67. The maximum atomic E-state index is 12.4. The maximum absolute atomic E-state index is 12.4. The number of aromatic nitrogens is 2. The number of anilines is 2. The second kappa shape index (κ2) is 8.13. The Hall–Kier alpha value is -2.38. The predicted molar refractivity (Wildman–Crippen MR) is 106 cm³/mol. The first-order chi connectivity index (χ1) is 12.2. The minimum absolute atomic E-state index is 0.0592. The molecule has 0 bridgehead atoms. The van der Waals surface area contributed by atoms with Crippen LogP contribution in [0, 0.1) is 0 Å². The van der Waals surface area contributed by atoms with Crippen molar-refractivity contribution in [3.8, 4) is 0 Å². The summed E-state index contributed by atoms with van der Waals surface area (Å²) in [6.45, 7) is 6.15. The molecule has 1 aromatic heterocycles. The summed E-state index contributed by atoms with van der Waals surface area (Å²) in [4.78, 5) is 12.4. The molecule has 2 N–H and O–H groups in total. The van der Waals surface area contributed by atoms with Crippen LogP contribution in [0.25, 0.3) is 10.8 Å². The highest BCUT2D eigenvalue weighted by molar-refractivity contribution is 8.02. The van der Waals surface area contributed by atoms with E-state index in [9.17, 15) is 4.79 Å². The normalized spacial score (nSPS) is 11.9. The van der Waals surface area contributed by atoms with Gasteiger partial charge in [0.1, 0.15) is 0 Å². The number of fused-ring (bicyclic) bond motifs is 1. The summed E-state index contributed by atoms with van der Waals surface area (Å²) < 4.78 is 0.757. The summed E-state index contributed by atoms with van der Waals surface area (Å²) >= 11 is 2.82. The van der Waals surface area contributed by atoms with Crippen LogP contribution >= 0.6 is 23.1 Å². The van der Waals surface area contributed by atoms with Gasteiger partial charge < -0.3 is 10.6 Å². The largest absolute Gasteiger partial charge is 0.357 e. The average Bonchev–Trinajstić information content (AvgIpc) is 3.07. The molecule has 7 heteroatoms. The Morgan fingerprint density at radius 1 is 1.28 bits per heavy atom. The van der Waals surface area contributed by atoms with E-state index < -0.39 is 0 Å². The van der Waals surface area contributed by atoms with Crippen molar-refractivity contribution in [2.45, 2.75) is 16.5 Å². The van der Waals surface area contributed by atoms with Gasteiger partial charge in [0.05, 0.1) is 5.25 Å². The quantitative estimate of drug-likeness (QED) is 0.476. The first kappa shape index (κ1) is 17.4. The zero-order valence-electron chi connectivity index (χ0n) is 13.7. The van der Waals surface area contributed by atoms with Gasteiger partial charge in [-0.25, -0.2) is 0 Å². The van der Waals surface area contributed by atoms with E-state index in [0.717, 1.165) is 25.9 Å². The standard InChI is InChI=1S/C18H18N4OS2/c1-3-10-19-17-21-22-18(25-17)24-12(2)16(23)20-15-9-8-13-6-4-5-7-14(13)11-15/h3-9,11-12H,1,10H2,2H3,(H,19,21)(H,20,23)/t12-/m1/s1. The van der Waals surface area contributed by atoms with Crippen LogP contribution in [0.5, 0.6) is 0 Å². The van der Waals surface area contributed by atoms with E-state index in [4.69, 9.17) is 0 Å². The molecule has 0 aliphatic rings. The van der Waals surface area contributed by atoms with Crippen LogP contribution in [0.15, 0.2) is 59.5 Å². The van der Waals surface area contributed by atoms with Crippen molar-refractivity contribution in [1.29, 1.82) is 0 Å². The zero-order valence-corrected chi connectivity index (χ0v) is 15.4. The molecule has 0 radical (unpaired) electrons. The van der Waals surface area contributed by atoms with Gasteiger partial charge in [-0.15, -0.1) is 16.8 Å². The molecule has 1 heterocycles. The zero-order chi connectivity index (χ0) is 17.6. The Morgan fingerprint density at radius 2 is 2.08 bits per heavy atom. The van der Waals surface area contributed by atoms with Crippen molar-refractivity contribution in [2.75, 3.05) is 17.2 Å². The van der Waals surface area contributed by atoms with Crippen molar-refractivity contribution < 1.29 is 4.79 Å². The van der Waals surface area contributed by atoms with Gasteiger partial charge in [-0.3, -0.25) is 4.79 Å². The van der Waals surface area contributed by atoms with Crippen LogP contribution in [0.2, 0.25) is 0 Å². The minimum atomic E-state index is -0.272. The molecular weight excluding hydrogens is 352 g/mol. The molecule has 1 atom stereocenters. The fourth-order valence-electron chi connectivity index (χ4n) is 2.20. The summed E-state index contributed by atoms with van der Waals surface area (Å²) in [6, 6.07) is 14.0. The van der Waals surface area contributed by atoms with E-state index in [2.05, 4.69) is 27.4 Å². The van der Waals surface area contributed by atoms with Crippen LogP contribution in [0.4, 0.5) is 10.8 Å². The molecule has 0 spiro atoms. The van der Waals surface area contributed by atoms with E-state index in [-0.39, 0.29) is 11.2 Å². The Labute approximate surface area is 154 Å². The second-order valence-electron chi connectivity index (χ2n) is 5.35. The van der Waals surface area contributed by atoms with E-state index in [1.165, 1.54) is 23.1 Å². The molecule has 0 saturated heterocycles. The molecule has 2 aromatic carbocycles. The van der Waals surface area contributed by atoms with Gasteiger partial charge in [0.2, 0.25) is 11.0 Å². The first-order valence-electron chi connectivity index (χ1n) is 7.80. The highest BCUT2D eigenvalue weighted by Crippen LogP contribution is 2.29. The maximum Gasteiger partial charge on any atom is 0.237 e. The van der Waals surface area contributed by atoms with Gasteiger partial charge in [0, 0.05) is 12.2 Å². The number of benzene rings is 2. The summed E-state index contributed by atoms with van der Waals surface area (Å²) in [6.07, 6.45) is 1.76. The fourth-order valence-corrected chi connectivity index (χ4v) is 4.11. The van der Waals surface area contributed by atoms with Gasteiger partial charge in [0.25, 0.3) is 0 Å². The predicted octanol–water partition coefficient (Wildman–Crippen LogP) is 4.41. The number of carbonyl (C=O) groups excluding carboxylic acids is 1. The van der Waals surface area contributed by atoms with Gasteiger partial charge in [0.15, 0.2) is 4.34 Å².